The van der Waals surface area contributed by atoms with Crippen LogP contribution in [0.25, 0.3) is 11.3 Å². The summed E-state index contributed by atoms with van der Waals surface area (Å²) in [5.41, 5.74) is 7.80. The van der Waals surface area contributed by atoms with Crippen LogP contribution in [0.1, 0.15) is 9.88 Å². The Morgan fingerprint density at radius 1 is 1.33 bits per heavy atom. The molecule has 1 aromatic heterocycles. The third-order valence-electron chi connectivity index (χ3n) is 3.21. The molecule has 0 bridgehead atoms. The van der Waals surface area contributed by atoms with E-state index in [9.17, 15) is 4.79 Å². The van der Waals surface area contributed by atoms with Crippen molar-refractivity contribution < 1.29 is 9.53 Å². The van der Waals surface area contributed by atoms with Crippen molar-refractivity contribution in [2.75, 3.05) is 20.3 Å². The molecule has 0 radical (unpaired) electrons. The van der Waals surface area contributed by atoms with E-state index in [-0.39, 0.29) is 37.3 Å². The topological polar surface area (TPSA) is 77.2 Å². The van der Waals surface area contributed by atoms with Gasteiger partial charge in [0.15, 0.2) is 0 Å². The quantitative estimate of drug-likeness (QED) is 0.760. The Morgan fingerprint density at radius 2 is 2.00 bits per heavy atom. The average molecular weight is 392 g/mol. The lowest BCUT2D eigenvalue weighted by Gasteiger charge is -2.10. The second-order valence-electron chi connectivity index (χ2n) is 4.98. The minimum absolute atomic E-state index is 0. The van der Waals surface area contributed by atoms with Gasteiger partial charge in [-0.2, -0.15) is 0 Å². The Morgan fingerprint density at radius 3 is 2.62 bits per heavy atom. The maximum Gasteiger partial charge on any atom is 0.239 e. The van der Waals surface area contributed by atoms with Gasteiger partial charge in [0.05, 0.1) is 17.3 Å². The zero-order chi connectivity index (χ0) is 15.9. The molecular formula is C16H23Cl2N3O2S. The molecule has 0 aliphatic rings. The van der Waals surface area contributed by atoms with Gasteiger partial charge in [-0.15, -0.1) is 36.2 Å². The number of halogens is 2. The van der Waals surface area contributed by atoms with Crippen molar-refractivity contribution in [1.29, 1.82) is 0 Å². The Labute approximate surface area is 158 Å². The second-order valence-corrected chi connectivity index (χ2v) is 6.27. The number of amides is 1. The normalized spacial score (nSPS) is 11.1. The molecule has 1 amide bonds. The largest absolute Gasteiger partial charge is 0.383 e. The number of aryl methyl sites for hydroxylation is 1. The van der Waals surface area contributed by atoms with E-state index in [1.807, 2.05) is 18.2 Å². The molecule has 3 N–H and O–H groups in total. The number of carbonyl (C=O) groups excluding carboxylic acids is 1. The van der Waals surface area contributed by atoms with Gasteiger partial charge in [0.2, 0.25) is 5.91 Å². The van der Waals surface area contributed by atoms with Gasteiger partial charge < -0.3 is 15.8 Å². The fraction of sp³-hybridized carbons (Fsp3) is 0.375. The minimum atomic E-state index is -0.622. The zero-order valence-corrected chi connectivity index (χ0v) is 16.1. The highest BCUT2D eigenvalue weighted by molar-refractivity contribution is 7.12. The van der Waals surface area contributed by atoms with Crippen molar-refractivity contribution in [2.45, 2.75) is 19.4 Å². The smallest absolute Gasteiger partial charge is 0.239 e. The summed E-state index contributed by atoms with van der Waals surface area (Å²) < 4.78 is 4.86. The predicted molar refractivity (Wildman–Crippen MR) is 103 cm³/mol. The van der Waals surface area contributed by atoms with E-state index in [2.05, 4.69) is 29.4 Å². The number of ether oxygens (including phenoxy) is 1. The van der Waals surface area contributed by atoms with Crippen LogP contribution in [0.4, 0.5) is 0 Å². The van der Waals surface area contributed by atoms with E-state index in [1.54, 1.807) is 11.3 Å². The number of hydrogen-bond donors (Lipinski definition) is 2. The van der Waals surface area contributed by atoms with E-state index >= 15 is 0 Å². The molecule has 8 heteroatoms. The number of nitrogens with one attached hydrogen (secondary N) is 1. The standard InChI is InChI=1S/C16H21N3O2S.2ClH/c1-11-15(12-6-4-3-5-7-12)19-14(22-11)8-9-18-16(20)13(17)10-21-2;;/h3-7,13H,8-10,17H2,1-2H3,(H,18,20);2*1H. The summed E-state index contributed by atoms with van der Waals surface area (Å²) in [7, 11) is 1.52. The predicted octanol–water partition coefficient (Wildman–Crippen LogP) is 2.59. The van der Waals surface area contributed by atoms with Gasteiger partial charge in [-0.25, -0.2) is 4.98 Å². The van der Waals surface area contributed by atoms with Crippen LogP contribution in [0, 0.1) is 6.92 Å². The molecule has 1 unspecified atom stereocenters. The third-order valence-corrected chi connectivity index (χ3v) is 4.24. The number of aromatic nitrogens is 1. The van der Waals surface area contributed by atoms with E-state index < -0.39 is 6.04 Å². The SMILES string of the molecule is COCC(N)C(=O)NCCc1nc(-c2ccccc2)c(C)s1.Cl.Cl. The summed E-state index contributed by atoms with van der Waals surface area (Å²) in [4.78, 5) is 17.5. The summed E-state index contributed by atoms with van der Waals surface area (Å²) in [5.74, 6) is -0.196. The first kappa shape index (κ1) is 22.8. The number of carbonyl (C=O) groups is 1. The number of benzene rings is 1. The molecule has 1 heterocycles. The highest BCUT2D eigenvalue weighted by Crippen LogP contribution is 2.27. The summed E-state index contributed by atoms with van der Waals surface area (Å²) in [6.07, 6.45) is 0.698. The molecular weight excluding hydrogens is 369 g/mol. The van der Waals surface area contributed by atoms with Crippen molar-refractivity contribution >= 4 is 42.1 Å². The number of thiazole rings is 1. The average Bonchev–Trinajstić information content (AvgIpc) is 2.89. The summed E-state index contributed by atoms with van der Waals surface area (Å²) >= 11 is 1.66. The molecule has 0 spiro atoms. The monoisotopic (exact) mass is 391 g/mol. The van der Waals surface area contributed by atoms with Crippen LogP contribution >= 0.6 is 36.2 Å². The third kappa shape index (κ3) is 6.37. The van der Waals surface area contributed by atoms with Gasteiger partial charge in [0, 0.05) is 30.5 Å². The van der Waals surface area contributed by atoms with Crippen LogP contribution in [0.5, 0.6) is 0 Å². The van der Waals surface area contributed by atoms with Crippen molar-refractivity contribution in [3.05, 3.63) is 40.2 Å². The Hall–Kier alpha value is -1.18. The molecule has 1 aromatic carbocycles. The van der Waals surface area contributed by atoms with Gasteiger partial charge >= 0.3 is 0 Å². The van der Waals surface area contributed by atoms with Crippen molar-refractivity contribution in [3.63, 3.8) is 0 Å². The minimum Gasteiger partial charge on any atom is -0.383 e. The number of nitrogens with two attached hydrogens (primary N) is 1. The van der Waals surface area contributed by atoms with E-state index in [4.69, 9.17) is 10.5 Å². The molecule has 24 heavy (non-hydrogen) atoms. The highest BCUT2D eigenvalue weighted by Gasteiger charge is 2.13. The zero-order valence-electron chi connectivity index (χ0n) is 13.7. The second kappa shape index (κ2) is 11.4. The van der Waals surface area contributed by atoms with Crippen LogP contribution in [-0.4, -0.2) is 37.2 Å². The van der Waals surface area contributed by atoms with Gasteiger partial charge in [0.25, 0.3) is 0 Å². The van der Waals surface area contributed by atoms with Crippen LogP contribution in [-0.2, 0) is 16.0 Å². The number of rotatable bonds is 7. The van der Waals surface area contributed by atoms with E-state index in [1.165, 1.54) is 12.0 Å². The summed E-state index contributed by atoms with van der Waals surface area (Å²) in [6, 6.07) is 9.48. The molecule has 0 saturated heterocycles. The molecule has 5 nitrogen and oxygen atoms in total. The fourth-order valence-corrected chi connectivity index (χ4v) is 3.06. The lowest BCUT2D eigenvalue weighted by Crippen LogP contribution is -2.44. The first-order valence-corrected chi connectivity index (χ1v) is 7.97. The maximum atomic E-state index is 11.7. The number of methoxy groups -OCH3 is 1. The van der Waals surface area contributed by atoms with Gasteiger partial charge in [-0.1, -0.05) is 30.3 Å². The molecule has 2 aromatic rings. The highest BCUT2D eigenvalue weighted by atomic mass is 35.5. The van der Waals surface area contributed by atoms with Gasteiger partial charge in [0.1, 0.15) is 6.04 Å². The van der Waals surface area contributed by atoms with Gasteiger partial charge in [-0.05, 0) is 6.92 Å². The molecule has 0 aliphatic heterocycles. The molecule has 0 saturated carbocycles. The molecule has 0 fully saturated rings. The molecule has 2 rings (SSSR count). The first-order chi connectivity index (χ1) is 10.6. The number of nitrogens with zero attached hydrogens (tertiary/aromatic N) is 1. The lowest BCUT2D eigenvalue weighted by atomic mass is 10.1. The van der Waals surface area contributed by atoms with Crippen molar-refractivity contribution in [3.8, 4) is 11.3 Å². The first-order valence-electron chi connectivity index (χ1n) is 7.15. The Balaban J connectivity index is 0.00000264. The van der Waals surface area contributed by atoms with Crippen LogP contribution in [0.15, 0.2) is 30.3 Å². The molecule has 1 atom stereocenters. The summed E-state index contributed by atoms with van der Waals surface area (Å²) in [6.45, 7) is 2.81. The van der Waals surface area contributed by atoms with E-state index in [0.29, 0.717) is 13.0 Å². The maximum absolute atomic E-state index is 11.7. The van der Waals surface area contributed by atoms with Crippen molar-refractivity contribution in [2.24, 2.45) is 5.73 Å². The lowest BCUT2D eigenvalue weighted by molar-refractivity contribution is -0.123. The van der Waals surface area contributed by atoms with Gasteiger partial charge in [-0.3, -0.25) is 4.79 Å². The molecule has 0 aliphatic carbocycles. The summed E-state index contributed by atoms with van der Waals surface area (Å²) in [5, 5.41) is 3.82. The van der Waals surface area contributed by atoms with Crippen LogP contribution in [0.3, 0.4) is 0 Å². The Kier molecular flexibility index (Phi) is 10.8. The van der Waals surface area contributed by atoms with E-state index in [0.717, 1.165) is 16.3 Å². The van der Waals surface area contributed by atoms with Crippen LogP contribution < -0.4 is 11.1 Å². The molecule has 134 valence electrons. The van der Waals surface area contributed by atoms with Crippen molar-refractivity contribution in [1.82, 2.24) is 10.3 Å². The Bertz CT molecular complexity index is 623. The number of hydrogen-bond acceptors (Lipinski definition) is 5. The van der Waals surface area contributed by atoms with Crippen LogP contribution in [0.2, 0.25) is 0 Å². The fourth-order valence-electron chi connectivity index (χ4n) is 2.10.